The molecule has 4 nitrogen and oxygen atoms in total. The maximum absolute atomic E-state index is 10.7. The van der Waals surface area contributed by atoms with Crippen LogP contribution in [0.25, 0.3) is 0 Å². The van der Waals surface area contributed by atoms with Gasteiger partial charge in [0.1, 0.15) is 5.25 Å². The van der Waals surface area contributed by atoms with Crippen molar-refractivity contribution in [2.75, 3.05) is 5.73 Å². The molecule has 1 atom stereocenters. The van der Waals surface area contributed by atoms with Crippen molar-refractivity contribution in [1.29, 1.82) is 0 Å². The van der Waals surface area contributed by atoms with Crippen LogP contribution in [0.3, 0.4) is 0 Å². The van der Waals surface area contributed by atoms with E-state index < -0.39 is 15.4 Å². The molecule has 74 valence electrons. The predicted octanol–water partition coefficient (Wildman–Crippen LogP) is 0.569. The fraction of sp³-hybridized carbons (Fsp3) is 0.250. The fourth-order valence-electron chi connectivity index (χ4n) is 0.939. The Morgan fingerprint density at radius 1 is 1.29 bits per heavy atom. The number of hydrogen-bond donors (Lipinski definition) is 2. The van der Waals surface area contributed by atoms with Crippen molar-refractivity contribution in [2.45, 2.75) is 12.2 Å². The molecule has 0 aromatic heterocycles. The quantitative estimate of drug-likeness (QED) is 0.438. The first-order valence-electron chi connectivity index (χ1n) is 3.73. The van der Waals surface area contributed by atoms with Crippen LogP contribution in [0.4, 0.5) is 5.69 Å². The van der Waals surface area contributed by atoms with Crippen LogP contribution in [0.2, 0.25) is 0 Å². The number of rotatable bonds is 2. The van der Waals surface area contributed by atoms with Crippen LogP contribution in [-0.4, -0.2) is 42.5 Å². The van der Waals surface area contributed by atoms with Crippen molar-refractivity contribution in [2.24, 2.45) is 0 Å². The summed E-state index contributed by atoms with van der Waals surface area (Å²) in [6.07, 6.45) is 0. The van der Waals surface area contributed by atoms with Gasteiger partial charge in [-0.15, -0.1) is 0 Å². The van der Waals surface area contributed by atoms with E-state index in [1.807, 2.05) is 0 Å². The molecular formula is C8H12NNaO3S. The van der Waals surface area contributed by atoms with Gasteiger partial charge in [-0.1, -0.05) is 12.1 Å². The summed E-state index contributed by atoms with van der Waals surface area (Å²) >= 11 is 0. The Balaban J connectivity index is 0.00000169. The van der Waals surface area contributed by atoms with Gasteiger partial charge >= 0.3 is 29.6 Å². The van der Waals surface area contributed by atoms with Gasteiger partial charge in [-0.05, 0) is 24.6 Å². The Labute approximate surface area is 106 Å². The van der Waals surface area contributed by atoms with Crippen molar-refractivity contribution in [3.8, 4) is 0 Å². The third-order valence-electron chi connectivity index (χ3n) is 1.85. The van der Waals surface area contributed by atoms with Gasteiger partial charge < -0.3 is 5.73 Å². The molecule has 3 N–H and O–H groups in total. The van der Waals surface area contributed by atoms with E-state index in [0.717, 1.165) is 0 Å². The van der Waals surface area contributed by atoms with Gasteiger partial charge in [0, 0.05) is 5.69 Å². The molecular weight excluding hydrogens is 213 g/mol. The third kappa shape index (κ3) is 3.59. The Morgan fingerprint density at radius 2 is 1.71 bits per heavy atom. The van der Waals surface area contributed by atoms with Crippen molar-refractivity contribution in [3.63, 3.8) is 0 Å². The minimum absolute atomic E-state index is 0. The average molecular weight is 225 g/mol. The molecule has 0 saturated carbocycles. The third-order valence-corrected chi connectivity index (χ3v) is 3.02. The summed E-state index contributed by atoms with van der Waals surface area (Å²) in [5.74, 6) is 0. The average Bonchev–Trinajstić information content (AvgIpc) is 2.03. The molecule has 0 aliphatic heterocycles. The second kappa shape index (κ2) is 5.14. The summed E-state index contributed by atoms with van der Waals surface area (Å²) < 4.78 is 30.2. The van der Waals surface area contributed by atoms with Crippen molar-refractivity contribution < 1.29 is 13.0 Å². The van der Waals surface area contributed by atoms with Crippen LogP contribution >= 0.6 is 0 Å². The van der Waals surface area contributed by atoms with Crippen LogP contribution in [0.15, 0.2) is 24.3 Å². The molecule has 1 aromatic carbocycles. The van der Waals surface area contributed by atoms with Gasteiger partial charge in [0.15, 0.2) is 0 Å². The zero-order valence-corrected chi connectivity index (χ0v) is 7.95. The summed E-state index contributed by atoms with van der Waals surface area (Å²) in [5.41, 5.74) is 6.51. The second-order valence-corrected chi connectivity index (χ2v) is 4.56. The van der Waals surface area contributed by atoms with Gasteiger partial charge in [0.2, 0.25) is 0 Å². The molecule has 14 heavy (non-hydrogen) atoms. The number of anilines is 1. The summed E-state index contributed by atoms with van der Waals surface area (Å²) in [6.45, 7) is 1.42. The van der Waals surface area contributed by atoms with E-state index in [1.54, 1.807) is 24.3 Å². The van der Waals surface area contributed by atoms with Crippen molar-refractivity contribution in [3.05, 3.63) is 29.8 Å². The molecule has 0 aliphatic carbocycles. The molecule has 1 aromatic rings. The standard InChI is InChI=1S/C8H11NO3S.Na.H/c1-6(13(10,11)12)7-2-4-8(9)5-3-7;;/h2-6H,9H2,1H3,(H,10,11,12);;. The van der Waals surface area contributed by atoms with E-state index >= 15 is 0 Å². The first kappa shape index (κ1) is 13.9. The van der Waals surface area contributed by atoms with Crippen molar-refractivity contribution >= 4 is 45.4 Å². The SMILES string of the molecule is CC(c1ccc(N)cc1)S(=O)(=O)O.[NaH]. The molecule has 1 unspecified atom stereocenters. The van der Waals surface area contributed by atoms with Gasteiger partial charge in [-0.2, -0.15) is 8.42 Å². The Hall–Kier alpha value is -0.0700. The van der Waals surface area contributed by atoms with Gasteiger partial charge in [-0.3, -0.25) is 4.55 Å². The van der Waals surface area contributed by atoms with Gasteiger partial charge in [0.25, 0.3) is 10.1 Å². The van der Waals surface area contributed by atoms with E-state index in [0.29, 0.717) is 11.3 Å². The van der Waals surface area contributed by atoms with Crippen LogP contribution in [0.5, 0.6) is 0 Å². The van der Waals surface area contributed by atoms with Crippen LogP contribution in [-0.2, 0) is 10.1 Å². The molecule has 0 fully saturated rings. The van der Waals surface area contributed by atoms with E-state index in [2.05, 4.69) is 0 Å². The molecule has 6 heteroatoms. The fourth-order valence-corrected chi connectivity index (χ4v) is 1.44. The first-order chi connectivity index (χ1) is 5.91. The second-order valence-electron chi connectivity index (χ2n) is 2.82. The Kier molecular flexibility index (Phi) is 5.11. The molecule has 0 amide bonds. The van der Waals surface area contributed by atoms with E-state index in [1.165, 1.54) is 6.92 Å². The van der Waals surface area contributed by atoms with Crippen LogP contribution < -0.4 is 5.73 Å². The maximum atomic E-state index is 10.7. The predicted molar refractivity (Wildman–Crippen MR) is 58.0 cm³/mol. The van der Waals surface area contributed by atoms with Crippen molar-refractivity contribution in [1.82, 2.24) is 0 Å². The van der Waals surface area contributed by atoms with E-state index in [4.69, 9.17) is 10.3 Å². The monoisotopic (exact) mass is 225 g/mol. The summed E-state index contributed by atoms with van der Waals surface area (Å²) in [6, 6.07) is 6.34. The zero-order valence-electron chi connectivity index (χ0n) is 7.14. The number of nitrogen functional groups attached to an aromatic ring is 1. The molecule has 1 rings (SSSR count). The molecule has 0 bridgehead atoms. The topological polar surface area (TPSA) is 80.4 Å². The zero-order chi connectivity index (χ0) is 10.1. The number of hydrogen-bond acceptors (Lipinski definition) is 3. The Morgan fingerprint density at radius 3 is 2.07 bits per heavy atom. The minimum atomic E-state index is -4.01. The molecule has 0 heterocycles. The molecule has 0 spiro atoms. The first-order valence-corrected chi connectivity index (χ1v) is 5.23. The normalized spacial score (nSPS) is 13.0. The van der Waals surface area contributed by atoms with Gasteiger partial charge in [0.05, 0.1) is 0 Å². The van der Waals surface area contributed by atoms with Crippen LogP contribution in [0.1, 0.15) is 17.7 Å². The number of benzene rings is 1. The summed E-state index contributed by atoms with van der Waals surface area (Å²) in [5, 5.41) is -0.909. The van der Waals surface area contributed by atoms with E-state index in [-0.39, 0.29) is 29.6 Å². The molecule has 0 saturated heterocycles. The summed E-state index contributed by atoms with van der Waals surface area (Å²) in [7, 11) is -4.01. The molecule has 0 radical (unpaired) electrons. The molecule has 0 aliphatic rings. The van der Waals surface area contributed by atoms with E-state index in [9.17, 15) is 8.42 Å². The summed E-state index contributed by atoms with van der Waals surface area (Å²) in [4.78, 5) is 0. The van der Waals surface area contributed by atoms with Crippen LogP contribution in [0, 0.1) is 0 Å². The Bertz CT molecular complexity index is 388. The number of nitrogens with two attached hydrogens (primary N) is 1. The van der Waals surface area contributed by atoms with Gasteiger partial charge in [-0.25, -0.2) is 0 Å².